The predicted octanol–water partition coefficient (Wildman–Crippen LogP) is 5.28. The molecule has 2 aliphatic heterocycles. The maximum atomic E-state index is 12.7. The van der Waals surface area contributed by atoms with Gasteiger partial charge in [-0.1, -0.05) is 102 Å². The van der Waals surface area contributed by atoms with Crippen LogP contribution in [-0.2, 0) is 23.9 Å². The molecular weight excluding hydrogens is 542 g/mol. The van der Waals surface area contributed by atoms with E-state index in [0.29, 0.717) is 13.1 Å². The van der Waals surface area contributed by atoms with Crippen molar-refractivity contribution >= 4 is 23.8 Å². The van der Waals surface area contributed by atoms with Crippen LogP contribution >= 0.6 is 0 Å². The number of hydrogen-bond donors (Lipinski definition) is 2. The zero-order valence-electron chi connectivity index (χ0n) is 26.8. The average Bonchev–Trinajstić information content (AvgIpc) is 3.39. The van der Waals surface area contributed by atoms with Crippen LogP contribution < -0.4 is 11.1 Å². The van der Waals surface area contributed by atoms with Gasteiger partial charge < -0.3 is 15.8 Å². The minimum atomic E-state index is -0.394. The maximum absolute atomic E-state index is 12.7. The lowest BCUT2D eigenvalue weighted by Crippen LogP contribution is -2.36. The molecule has 0 saturated carbocycles. The molecule has 0 radical (unpaired) electrons. The van der Waals surface area contributed by atoms with Crippen molar-refractivity contribution in [2.75, 3.05) is 26.7 Å². The maximum Gasteiger partial charge on any atom is 0.318 e. The Balaban J connectivity index is 0.000000264. The van der Waals surface area contributed by atoms with Gasteiger partial charge in [0.15, 0.2) is 0 Å². The minimum Gasteiger partial charge on any atom is -0.393 e. The third kappa shape index (κ3) is 9.31. The molecule has 2 aromatic carbocycles. The molecular formula is C35H51N3O5. The van der Waals surface area contributed by atoms with Gasteiger partial charge in [0, 0.05) is 19.0 Å². The molecule has 2 fully saturated rings. The van der Waals surface area contributed by atoms with Crippen molar-refractivity contribution in [2.45, 2.75) is 72.1 Å². The summed E-state index contributed by atoms with van der Waals surface area (Å²) in [4.78, 5) is 49.6. The number of hydrogen-bond acceptors (Lipinski definition) is 7. The van der Waals surface area contributed by atoms with Gasteiger partial charge in [-0.25, -0.2) is 0 Å². The van der Waals surface area contributed by atoms with Gasteiger partial charge in [-0.05, 0) is 55.8 Å². The number of amides is 2. The van der Waals surface area contributed by atoms with E-state index in [1.54, 1.807) is 6.92 Å². The number of unbranched alkanes of at least 4 members (excludes halogenated alkanes) is 1. The van der Waals surface area contributed by atoms with E-state index < -0.39 is 5.97 Å². The second-order valence-corrected chi connectivity index (χ2v) is 11.3. The van der Waals surface area contributed by atoms with Crippen molar-refractivity contribution in [1.82, 2.24) is 10.2 Å². The van der Waals surface area contributed by atoms with Crippen LogP contribution in [0.4, 0.5) is 0 Å². The number of nitrogens with zero attached hydrogens (tertiary/aromatic N) is 1. The average molecular weight is 594 g/mol. The van der Waals surface area contributed by atoms with Crippen molar-refractivity contribution in [3.8, 4) is 0 Å². The van der Waals surface area contributed by atoms with Crippen molar-refractivity contribution in [1.29, 1.82) is 0 Å². The molecule has 2 amide bonds. The highest BCUT2D eigenvalue weighted by Gasteiger charge is 2.48. The molecule has 0 spiro atoms. The van der Waals surface area contributed by atoms with E-state index in [0.717, 1.165) is 30.5 Å². The minimum absolute atomic E-state index is 0.0153. The molecule has 0 aliphatic carbocycles. The molecule has 8 heteroatoms. The topological polar surface area (TPSA) is 119 Å². The summed E-state index contributed by atoms with van der Waals surface area (Å²) < 4.78 is 4.71. The van der Waals surface area contributed by atoms with E-state index in [1.165, 1.54) is 17.7 Å². The lowest BCUT2D eigenvalue weighted by molar-refractivity contribution is -0.154. The summed E-state index contributed by atoms with van der Waals surface area (Å²) in [5.41, 5.74) is 7.38. The first-order chi connectivity index (χ1) is 20.7. The van der Waals surface area contributed by atoms with Gasteiger partial charge in [0.05, 0.1) is 17.8 Å². The first-order valence-electron chi connectivity index (χ1n) is 15.7. The summed E-state index contributed by atoms with van der Waals surface area (Å²) in [7, 11) is 1.82. The molecule has 4 rings (SSSR count). The number of likely N-dealkylation sites (tertiary alicyclic amines) is 1. The molecule has 6 atom stereocenters. The van der Waals surface area contributed by atoms with E-state index in [2.05, 4.69) is 31.3 Å². The lowest BCUT2D eigenvalue weighted by Gasteiger charge is -2.23. The highest BCUT2D eigenvalue weighted by atomic mass is 16.6. The van der Waals surface area contributed by atoms with Crippen molar-refractivity contribution < 1.29 is 23.9 Å². The molecule has 3 N–H and O–H groups in total. The fourth-order valence-electron chi connectivity index (χ4n) is 5.99. The Morgan fingerprint density at radius 1 is 0.767 bits per heavy atom. The zero-order valence-corrected chi connectivity index (χ0v) is 26.8. The lowest BCUT2D eigenvalue weighted by atomic mass is 9.78. The number of nitrogens with one attached hydrogen (secondary N) is 1. The summed E-state index contributed by atoms with van der Waals surface area (Å²) >= 11 is 0. The van der Waals surface area contributed by atoms with Crippen LogP contribution in [0.2, 0.25) is 0 Å². The van der Waals surface area contributed by atoms with E-state index in [4.69, 9.17) is 10.5 Å². The Bertz CT molecular complexity index is 1150. The van der Waals surface area contributed by atoms with E-state index in [1.807, 2.05) is 69.4 Å². The van der Waals surface area contributed by atoms with Crippen LogP contribution in [0.3, 0.4) is 0 Å². The van der Waals surface area contributed by atoms with E-state index in [-0.39, 0.29) is 53.3 Å². The number of esters is 2. The fraction of sp³-hybridized carbons (Fsp3) is 0.543. The van der Waals surface area contributed by atoms with Crippen molar-refractivity contribution in [3.05, 3.63) is 71.8 Å². The Morgan fingerprint density at radius 3 is 1.65 bits per heavy atom. The van der Waals surface area contributed by atoms with Gasteiger partial charge >= 0.3 is 11.9 Å². The third-order valence-electron chi connectivity index (χ3n) is 8.47. The first kappa shape index (κ1) is 35.8. The number of carbonyl (C=O) groups excluding carboxylic acids is 4. The highest BCUT2D eigenvalue weighted by molar-refractivity contribution is 6.05. The molecule has 2 aliphatic rings. The monoisotopic (exact) mass is 593 g/mol. The zero-order chi connectivity index (χ0) is 31.9. The van der Waals surface area contributed by atoms with Crippen LogP contribution in [0.15, 0.2) is 60.7 Å². The van der Waals surface area contributed by atoms with Crippen LogP contribution in [0, 0.1) is 23.7 Å². The predicted molar refractivity (Wildman–Crippen MR) is 170 cm³/mol. The molecule has 236 valence electrons. The summed E-state index contributed by atoms with van der Waals surface area (Å²) in [6, 6.07) is 19.9. The Labute approximate surface area is 257 Å². The smallest absolute Gasteiger partial charge is 0.318 e. The van der Waals surface area contributed by atoms with Crippen LogP contribution in [0.5, 0.6) is 0 Å². The van der Waals surface area contributed by atoms with Gasteiger partial charge in [-0.15, -0.1) is 0 Å². The second-order valence-electron chi connectivity index (χ2n) is 11.3. The number of ether oxygens (including phenoxy) is 1. The first-order valence-corrected chi connectivity index (χ1v) is 15.7. The summed E-state index contributed by atoms with van der Waals surface area (Å²) in [6.07, 6.45) is 4.07. The molecule has 0 bridgehead atoms. The van der Waals surface area contributed by atoms with Crippen molar-refractivity contribution in [3.63, 3.8) is 0 Å². The van der Waals surface area contributed by atoms with Crippen molar-refractivity contribution in [2.24, 2.45) is 29.4 Å². The molecule has 8 nitrogen and oxygen atoms in total. The molecule has 2 aromatic rings. The number of cyclic esters (lactones) is 2. The van der Waals surface area contributed by atoms with E-state index in [9.17, 15) is 19.2 Å². The Hall–Kier alpha value is -3.36. The van der Waals surface area contributed by atoms with Gasteiger partial charge in [0.2, 0.25) is 11.8 Å². The molecule has 2 saturated heterocycles. The number of nitrogens with two attached hydrogens (primary N) is 1. The third-order valence-corrected chi connectivity index (χ3v) is 8.47. The van der Waals surface area contributed by atoms with Crippen LogP contribution in [0.1, 0.15) is 83.3 Å². The van der Waals surface area contributed by atoms with Crippen LogP contribution in [-0.4, -0.2) is 55.3 Å². The quantitative estimate of drug-likeness (QED) is 0.207. The molecule has 0 aromatic heterocycles. The number of benzene rings is 2. The Morgan fingerprint density at radius 2 is 1.28 bits per heavy atom. The molecule has 2 heterocycles. The molecule has 6 unspecified atom stereocenters. The standard InChI is InChI=1S/C17H24N2O2.C14H16O3.C4H11N/c1-4-14(13-8-6-5-7-9-13)15-12(2)16(20)19(17(15)21)11-10-18-3;1-3-11(10-7-5-4-6-8-10)12-9(2)13(15)17-14(12)16;1-2-3-4-5/h5-9,12,14-15,18H,4,10-11H2,1-3H3;4-9,11-12H,3H2,1-2H3;2-5H2,1H3. The summed E-state index contributed by atoms with van der Waals surface area (Å²) in [5, 5.41) is 2.99. The van der Waals surface area contributed by atoms with Gasteiger partial charge in [0.1, 0.15) is 0 Å². The Kier molecular flexibility index (Phi) is 15.3. The molecule has 43 heavy (non-hydrogen) atoms. The summed E-state index contributed by atoms with van der Waals surface area (Å²) in [5.74, 6) is -1.80. The second kappa shape index (κ2) is 18.3. The normalized spacial score (nSPS) is 22.7. The number of likely N-dealkylation sites (N-methyl/N-ethyl adjacent to an activating group) is 1. The van der Waals surface area contributed by atoms with Gasteiger partial charge in [-0.3, -0.25) is 24.1 Å². The van der Waals surface area contributed by atoms with Gasteiger partial charge in [0.25, 0.3) is 0 Å². The largest absolute Gasteiger partial charge is 0.393 e. The number of carbonyl (C=O) groups is 4. The number of imide groups is 1. The number of rotatable bonds is 11. The van der Waals surface area contributed by atoms with Crippen LogP contribution in [0.25, 0.3) is 0 Å². The summed E-state index contributed by atoms with van der Waals surface area (Å²) in [6.45, 7) is 11.8. The van der Waals surface area contributed by atoms with Gasteiger partial charge in [-0.2, -0.15) is 0 Å². The highest BCUT2D eigenvalue weighted by Crippen LogP contribution is 2.40. The fourth-order valence-corrected chi connectivity index (χ4v) is 5.99. The SMILES string of the molecule is CCC(c1ccccc1)C1C(=O)N(CCNC)C(=O)C1C.CCC(c1ccccc1)C1C(=O)OC(=O)C1C.CCCCN. The van der Waals surface area contributed by atoms with E-state index >= 15 is 0 Å².